The van der Waals surface area contributed by atoms with Gasteiger partial charge in [-0.3, -0.25) is 4.90 Å². The molecule has 1 amide bonds. The SMILES string of the molecule is CC(C)(C)OC(=O)N1CC(N=[N+]=[N-])C(O)[C@H]2OC(c3ccccc3)OCC21. The standard InChI is InChI=1S/C18H24N4O5/c1-18(2,3)27-17(24)22-9-12(20-21-19)14(23)15-13(22)10-25-16(26-15)11-7-5-4-6-8-11/h4-8,12-16,23H,9-10H2,1-3H3/t12?,13?,14?,15-,16?/m0/s1. The Morgan fingerprint density at radius 3 is 2.70 bits per heavy atom. The fraction of sp³-hybridized carbons (Fsp3) is 0.611. The molecule has 0 bridgehead atoms. The molecule has 2 saturated heterocycles. The number of rotatable bonds is 2. The summed E-state index contributed by atoms with van der Waals surface area (Å²) in [4.78, 5) is 16.9. The van der Waals surface area contributed by atoms with Crippen molar-refractivity contribution in [3.8, 4) is 0 Å². The lowest BCUT2D eigenvalue weighted by Gasteiger charge is -2.49. The highest BCUT2D eigenvalue weighted by Crippen LogP contribution is 2.34. The van der Waals surface area contributed by atoms with E-state index in [-0.39, 0.29) is 13.2 Å². The number of aliphatic hydroxyl groups is 1. The molecule has 9 heteroatoms. The zero-order chi connectivity index (χ0) is 19.6. The molecule has 0 radical (unpaired) electrons. The Hall–Kier alpha value is -2.32. The van der Waals surface area contributed by atoms with E-state index in [9.17, 15) is 9.90 Å². The molecule has 2 heterocycles. The van der Waals surface area contributed by atoms with Crippen molar-refractivity contribution in [1.29, 1.82) is 0 Å². The van der Waals surface area contributed by atoms with Crippen LogP contribution in [0.2, 0.25) is 0 Å². The Morgan fingerprint density at radius 2 is 2.07 bits per heavy atom. The van der Waals surface area contributed by atoms with Crippen LogP contribution in [-0.2, 0) is 14.2 Å². The van der Waals surface area contributed by atoms with Gasteiger partial charge in [0.2, 0.25) is 0 Å². The van der Waals surface area contributed by atoms with E-state index in [1.807, 2.05) is 30.3 Å². The summed E-state index contributed by atoms with van der Waals surface area (Å²) in [7, 11) is 0. The summed E-state index contributed by atoms with van der Waals surface area (Å²) in [6, 6.07) is 7.95. The summed E-state index contributed by atoms with van der Waals surface area (Å²) in [5.74, 6) is 0. The number of hydrogen-bond acceptors (Lipinski definition) is 6. The van der Waals surface area contributed by atoms with Gasteiger partial charge in [0.25, 0.3) is 0 Å². The zero-order valence-electron chi connectivity index (χ0n) is 15.6. The number of piperidine rings is 1. The first-order valence-corrected chi connectivity index (χ1v) is 8.84. The minimum atomic E-state index is -1.06. The Kier molecular flexibility index (Phi) is 5.57. The van der Waals surface area contributed by atoms with E-state index in [1.165, 1.54) is 4.90 Å². The van der Waals surface area contributed by atoms with Gasteiger partial charge in [-0.05, 0) is 26.3 Å². The summed E-state index contributed by atoms with van der Waals surface area (Å²) in [5.41, 5.74) is 8.94. The average Bonchev–Trinajstić information content (AvgIpc) is 2.63. The van der Waals surface area contributed by atoms with Crippen molar-refractivity contribution in [3.63, 3.8) is 0 Å². The Morgan fingerprint density at radius 1 is 1.37 bits per heavy atom. The number of ether oxygens (including phenoxy) is 3. The minimum Gasteiger partial charge on any atom is -0.444 e. The molecule has 27 heavy (non-hydrogen) atoms. The molecular weight excluding hydrogens is 352 g/mol. The number of nitrogens with zero attached hydrogens (tertiary/aromatic N) is 4. The van der Waals surface area contributed by atoms with Crippen LogP contribution in [0.1, 0.15) is 32.6 Å². The number of carbonyl (C=O) groups is 1. The van der Waals surface area contributed by atoms with Crippen molar-refractivity contribution in [2.45, 2.75) is 57.0 Å². The van der Waals surface area contributed by atoms with Crippen LogP contribution in [0.4, 0.5) is 4.79 Å². The number of benzene rings is 1. The quantitative estimate of drug-likeness (QED) is 0.484. The molecular formula is C18H24N4O5. The van der Waals surface area contributed by atoms with Gasteiger partial charge in [0.15, 0.2) is 6.29 Å². The monoisotopic (exact) mass is 376 g/mol. The molecule has 0 spiro atoms. The molecule has 3 rings (SSSR count). The molecule has 2 aliphatic heterocycles. The summed E-state index contributed by atoms with van der Waals surface area (Å²) in [6.07, 6.45) is -3.05. The van der Waals surface area contributed by atoms with E-state index < -0.39 is 42.3 Å². The van der Waals surface area contributed by atoms with Crippen LogP contribution in [-0.4, -0.2) is 59.1 Å². The third-order valence-electron chi connectivity index (χ3n) is 4.49. The van der Waals surface area contributed by atoms with Crippen LogP contribution in [0.25, 0.3) is 10.4 Å². The fourth-order valence-electron chi connectivity index (χ4n) is 3.28. The zero-order valence-corrected chi connectivity index (χ0v) is 15.6. The van der Waals surface area contributed by atoms with Gasteiger partial charge < -0.3 is 19.3 Å². The second kappa shape index (κ2) is 7.74. The van der Waals surface area contributed by atoms with E-state index >= 15 is 0 Å². The lowest BCUT2D eigenvalue weighted by atomic mass is 9.92. The summed E-state index contributed by atoms with van der Waals surface area (Å²) in [6.45, 7) is 5.51. The average molecular weight is 376 g/mol. The number of likely N-dealkylation sites (tertiary alicyclic amines) is 1. The highest BCUT2D eigenvalue weighted by atomic mass is 16.7. The van der Waals surface area contributed by atoms with Gasteiger partial charge in [-0.25, -0.2) is 4.79 Å². The van der Waals surface area contributed by atoms with Crippen molar-refractivity contribution in [3.05, 3.63) is 46.3 Å². The molecule has 2 fully saturated rings. The summed E-state index contributed by atoms with van der Waals surface area (Å²) in [5, 5.41) is 14.3. The summed E-state index contributed by atoms with van der Waals surface area (Å²) >= 11 is 0. The van der Waals surface area contributed by atoms with Crippen molar-refractivity contribution in [2.24, 2.45) is 5.11 Å². The molecule has 1 aromatic carbocycles. The number of aliphatic hydroxyl groups excluding tert-OH is 1. The minimum absolute atomic E-state index is 0.0318. The summed E-state index contributed by atoms with van der Waals surface area (Å²) < 4.78 is 17.2. The van der Waals surface area contributed by atoms with Gasteiger partial charge in [0, 0.05) is 17.0 Å². The third kappa shape index (κ3) is 4.33. The lowest BCUT2D eigenvalue weighted by molar-refractivity contribution is -0.273. The predicted molar refractivity (Wildman–Crippen MR) is 95.7 cm³/mol. The van der Waals surface area contributed by atoms with E-state index in [0.717, 1.165) is 5.56 Å². The molecule has 146 valence electrons. The molecule has 4 unspecified atom stereocenters. The van der Waals surface area contributed by atoms with Gasteiger partial charge in [0.1, 0.15) is 11.7 Å². The first kappa shape index (κ1) is 19.4. The largest absolute Gasteiger partial charge is 0.444 e. The maximum Gasteiger partial charge on any atom is 0.410 e. The van der Waals surface area contributed by atoms with E-state index in [0.29, 0.717) is 0 Å². The van der Waals surface area contributed by atoms with E-state index in [2.05, 4.69) is 10.0 Å². The fourth-order valence-corrected chi connectivity index (χ4v) is 3.28. The number of azide groups is 1. The van der Waals surface area contributed by atoms with Crippen LogP contribution < -0.4 is 0 Å². The molecule has 5 atom stereocenters. The van der Waals surface area contributed by atoms with Gasteiger partial charge in [-0.2, -0.15) is 0 Å². The number of hydrogen-bond donors (Lipinski definition) is 1. The maximum absolute atomic E-state index is 12.7. The van der Waals surface area contributed by atoms with Crippen LogP contribution in [0.5, 0.6) is 0 Å². The molecule has 1 N–H and O–H groups in total. The van der Waals surface area contributed by atoms with Gasteiger partial charge in [-0.1, -0.05) is 35.4 Å². The molecule has 9 nitrogen and oxygen atoms in total. The van der Waals surface area contributed by atoms with Crippen molar-refractivity contribution in [1.82, 2.24) is 4.90 Å². The van der Waals surface area contributed by atoms with Crippen molar-refractivity contribution < 1.29 is 24.1 Å². The van der Waals surface area contributed by atoms with E-state index in [1.54, 1.807) is 20.8 Å². The van der Waals surface area contributed by atoms with Crippen LogP contribution in [0, 0.1) is 0 Å². The maximum atomic E-state index is 12.7. The molecule has 0 aromatic heterocycles. The Labute approximate surface area is 157 Å². The third-order valence-corrected chi connectivity index (χ3v) is 4.49. The molecule has 0 aliphatic carbocycles. The Balaban J connectivity index is 1.84. The predicted octanol–water partition coefficient (Wildman–Crippen LogP) is 2.76. The first-order chi connectivity index (χ1) is 12.8. The first-order valence-electron chi connectivity index (χ1n) is 8.84. The smallest absolute Gasteiger partial charge is 0.410 e. The molecule has 0 saturated carbocycles. The highest BCUT2D eigenvalue weighted by Gasteiger charge is 2.49. The van der Waals surface area contributed by atoms with Gasteiger partial charge in [-0.15, -0.1) is 0 Å². The second-order valence-corrected chi connectivity index (χ2v) is 7.64. The highest BCUT2D eigenvalue weighted by molar-refractivity contribution is 5.69. The van der Waals surface area contributed by atoms with Crippen LogP contribution >= 0.6 is 0 Å². The van der Waals surface area contributed by atoms with Crippen LogP contribution in [0.3, 0.4) is 0 Å². The van der Waals surface area contributed by atoms with Crippen LogP contribution in [0.15, 0.2) is 35.4 Å². The number of carbonyl (C=O) groups excluding carboxylic acids is 1. The van der Waals surface area contributed by atoms with E-state index in [4.69, 9.17) is 19.7 Å². The molecule has 2 aliphatic rings. The second-order valence-electron chi connectivity index (χ2n) is 7.64. The Bertz CT molecular complexity index is 716. The topological polar surface area (TPSA) is 117 Å². The lowest BCUT2D eigenvalue weighted by Crippen LogP contribution is -2.66. The number of fused-ring (bicyclic) bond motifs is 1. The van der Waals surface area contributed by atoms with Gasteiger partial charge in [0.05, 0.1) is 24.8 Å². The normalized spacial score (nSPS) is 30.8. The van der Waals surface area contributed by atoms with Crippen molar-refractivity contribution in [2.75, 3.05) is 13.2 Å². The van der Waals surface area contributed by atoms with Crippen molar-refractivity contribution >= 4 is 6.09 Å². The molecule has 1 aromatic rings. The van der Waals surface area contributed by atoms with Gasteiger partial charge >= 0.3 is 6.09 Å². The number of amides is 1.